The Bertz CT molecular complexity index is 861. The number of benzene rings is 1. The number of fused-ring (bicyclic) bond motifs is 1. The molecular formula is C19H21N5O. The van der Waals surface area contributed by atoms with Crippen molar-refractivity contribution in [2.75, 3.05) is 38.2 Å². The van der Waals surface area contributed by atoms with E-state index in [0.717, 1.165) is 49.9 Å². The van der Waals surface area contributed by atoms with Crippen LogP contribution in [0, 0.1) is 0 Å². The summed E-state index contributed by atoms with van der Waals surface area (Å²) < 4.78 is 5.18. The second kappa shape index (κ2) is 7.03. The van der Waals surface area contributed by atoms with E-state index >= 15 is 0 Å². The van der Waals surface area contributed by atoms with Crippen molar-refractivity contribution in [3.8, 4) is 5.88 Å². The van der Waals surface area contributed by atoms with Gasteiger partial charge >= 0.3 is 0 Å². The maximum atomic E-state index is 5.18. The summed E-state index contributed by atoms with van der Waals surface area (Å²) in [6.07, 6.45) is 1.74. The average Bonchev–Trinajstić information content (AvgIpc) is 2.68. The summed E-state index contributed by atoms with van der Waals surface area (Å²) in [6.45, 7) is 4.61. The van der Waals surface area contributed by atoms with Crippen molar-refractivity contribution in [3.63, 3.8) is 0 Å². The van der Waals surface area contributed by atoms with Crippen LogP contribution in [0.4, 0.5) is 5.95 Å². The number of anilines is 1. The van der Waals surface area contributed by atoms with E-state index in [0.29, 0.717) is 5.88 Å². The summed E-state index contributed by atoms with van der Waals surface area (Å²) in [4.78, 5) is 18.2. The standard InChI is InChI=1S/C19H21N5O/c1-25-18-8-9-20-19(22-18)24-12-10-23(11-13-24)14-16-7-6-15-4-2-3-5-17(15)21-16/h2-9H,10-14H2,1H3. The summed E-state index contributed by atoms with van der Waals surface area (Å²) >= 11 is 0. The molecule has 0 aliphatic carbocycles. The second-order valence-corrected chi connectivity index (χ2v) is 6.16. The molecule has 1 aliphatic heterocycles. The van der Waals surface area contributed by atoms with Crippen LogP contribution >= 0.6 is 0 Å². The number of aromatic nitrogens is 3. The lowest BCUT2D eigenvalue weighted by Crippen LogP contribution is -2.46. The number of nitrogens with zero attached hydrogens (tertiary/aromatic N) is 5. The van der Waals surface area contributed by atoms with E-state index in [-0.39, 0.29) is 0 Å². The molecule has 1 aromatic carbocycles. The molecule has 4 rings (SSSR count). The van der Waals surface area contributed by atoms with Crippen molar-refractivity contribution in [2.24, 2.45) is 0 Å². The first kappa shape index (κ1) is 15.8. The molecule has 0 atom stereocenters. The van der Waals surface area contributed by atoms with Crippen LogP contribution in [0.2, 0.25) is 0 Å². The predicted molar refractivity (Wildman–Crippen MR) is 97.8 cm³/mol. The lowest BCUT2D eigenvalue weighted by Gasteiger charge is -2.34. The normalized spacial score (nSPS) is 15.5. The highest BCUT2D eigenvalue weighted by molar-refractivity contribution is 5.78. The van der Waals surface area contributed by atoms with Gasteiger partial charge in [0.05, 0.1) is 18.3 Å². The van der Waals surface area contributed by atoms with Crippen LogP contribution in [-0.4, -0.2) is 53.1 Å². The molecule has 0 radical (unpaired) electrons. The Labute approximate surface area is 147 Å². The minimum Gasteiger partial charge on any atom is -0.481 e. The number of pyridine rings is 1. The maximum Gasteiger partial charge on any atom is 0.228 e. The van der Waals surface area contributed by atoms with Crippen LogP contribution in [-0.2, 0) is 6.54 Å². The predicted octanol–water partition coefficient (Wildman–Crippen LogP) is 2.36. The zero-order chi connectivity index (χ0) is 17.1. The third-order valence-corrected chi connectivity index (χ3v) is 4.52. The van der Waals surface area contributed by atoms with Gasteiger partial charge in [0.25, 0.3) is 0 Å². The van der Waals surface area contributed by atoms with Crippen molar-refractivity contribution in [1.82, 2.24) is 19.9 Å². The monoisotopic (exact) mass is 335 g/mol. The number of hydrogen-bond donors (Lipinski definition) is 0. The number of ether oxygens (including phenoxy) is 1. The molecule has 2 aromatic heterocycles. The summed E-state index contributed by atoms with van der Waals surface area (Å²) in [7, 11) is 1.63. The molecule has 0 spiro atoms. The quantitative estimate of drug-likeness (QED) is 0.729. The molecular weight excluding hydrogens is 314 g/mol. The molecule has 3 heterocycles. The minimum atomic E-state index is 0.604. The Kier molecular flexibility index (Phi) is 4.43. The summed E-state index contributed by atoms with van der Waals surface area (Å²) in [6, 6.07) is 14.3. The molecule has 128 valence electrons. The molecule has 6 nitrogen and oxygen atoms in total. The first-order chi connectivity index (χ1) is 12.3. The summed E-state index contributed by atoms with van der Waals surface area (Å²) in [5.74, 6) is 1.34. The van der Waals surface area contributed by atoms with Crippen LogP contribution in [0.3, 0.4) is 0 Å². The van der Waals surface area contributed by atoms with E-state index in [1.54, 1.807) is 19.4 Å². The highest BCUT2D eigenvalue weighted by Crippen LogP contribution is 2.17. The van der Waals surface area contributed by atoms with Crippen LogP contribution in [0.25, 0.3) is 10.9 Å². The van der Waals surface area contributed by atoms with E-state index in [9.17, 15) is 0 Å². The van der Waals surface area contributed by atoms with E-state index in [1.807, 2.05) is 12.1 Å². The van der Waals surface area contributed by atoms with Gasteiger partial charge in [-0.1, -0.05) is 24.3 Å². The topological polar surface area (TPSA) is 54.4 Å². The molecule has 1 aliphatic rings. The van der Waals surface area contributed by atoms with Crippen molar-refractivity contribution in [3.05, 3.63) is 54.4 Å². The first-order valence-corrected chi connectivity index (χ1v) is 8.51. The van der Waals surface area contributed by atoms with Gasteiger partial charge in [-0.25, -0.2) is 4.98 Å². The smallest absolute Gasteiger partial charge is 0.228 e. The van der Waals surface area contributed by atoms with Gasteiger partial charge in [0.2, 0.25) is 11.8 Å². The molecule has 0 bridgehead atoms. The fraction of sp³-hybridized carbons (Fsp3) is 0.316. The zero-order valence-corrected chi connectivity index (χ0v) is 14.3. The number of rotatable bonds is 4. The Morgan fingerprint density at radius 3 is 2.64 bits per heavy atom. The number of hydrogen-bond acceptors (Lipinski definition) is 6. The van der Waals surface area contributed by atoms with Gasteiger partial charge in [0, 0.05) is 50.4 Å². The van der Waals surface area contributed by atoms with Crippen LogP contribution in [0.5, 0.6) is 5.88 Å². The summed E-state index contributed by atoms with van der Waals surface area (Å²) in [5.41, 5.74) is 2.17. The molecule has 0 N–H and O–H groups in total. The number of para-hydroxylation sites is 1. The van der Waals surface area contributed by atoms with Crippen molar-refractivity contribution in [2.45, 2.75) is 6.54 Å². The largest absolute Gasteiger partial charge is 0.481 e. The Hall–Kier alpha value is -2.73. The zero-order valence-electron chi connectivity index (χ0n) is 14.3. The van der Waals surface area contributed by atoms with E-state index < -0.39 is 0 Å². The van der Waals surface area contributed by atoms with Gasteiger partial charge in [0.1, 0.15) is 0 Å². The molecule has 25 heavy (non-hydrogen) atoms. The average molecular weight is 335 g/mol. The lowest BCUT2D eigenvalue weighted by atomic mass is 10.2. The van der Waals surface area contributed by atoms with E-state index in [4.69, 9.17) is 9.72 Å². The molecule has 1 saturated heterocycles. The first-order valence-electron chi connectivity index (χ1n) is 8.51. The Morgan fingerprint density at radius 1 is 0.960 bits per heavy atom. The highest BCUT2D eigenvalue weighted by atomic mass is 16.5. The fourth-order valence-corrected chi connectivity index (χ4v) is 3.13. The molecule has 0 amide bonds. The lowest BCUT2D eigenvalue weighted by molar-refractivity contribution is 0.246. The SMILES string of the molecule is COc1ccnc(N2CCN(Cc3ccc4ccccc4n3)CC2)n1. The number of piperazine rings is 1. The maximum absolute atomic E-state index is 5.18. The Morgan fingerprint density at radius 2 is 1.80 bits per heavy atom. The van der Waals surface area contributed by atoms with Gasteiger partial charge in [-0.05, 0) is 12.1 Å². The molecule has 6 heteroatoms. The van der Waals surface area contributed by atoms with Gasteiger partial charge in [0.15, 0.2) is 0 Å². The third-order valence-electron chi connectivity index (χ3n) is 4.52. The van der Waals surface area contributed by atoms with Crippen LogP contribution < -0.4 is 9.64 Å². The molecule has 0 saturated carbocycles. The van der Waals surface area contributed by atoms with Crippen molar-refractivity contribution in [1.29, 1.82) is 0 Å². The third kappa shape index (κ3) is 3.53. The van der Waals surface area contributed by atoms with Gasteiger partial charge < -0.3 is 9.64 Å². The van der Waals surface area contributed by atoms with Crippen molar-refractivity contribution < 1.29 is 4.74 Å². The van der Waals surface area contributed by atoms with E-state index in [1.165, 1.54) is 5.39 Å². The van der Waals surface area contributed by atoms with Crippen molar-refractivity contribution >= 4 is 16.9 Å². The number of methoxy groups -OCH3 is 1. The Balaban J connectivity index is 1.39. The molecule has 1 fully saturated rings. The fourth-order valence-electron chi connectivity index (χ4n) is 3.13. The van der Waals surface area contributed by atoms with E-state index in [2.05, 4.69) is 44.0 Å². The van der Waals surface area contributed by atoms with Gasteiger partial charge in [-0.3, -0.25) is 9.88 Å². The molecule has 3 aromatic rings. The molecule has 0 unspecified atom stereocenters. The second-order valence-electron chi connectivity index (χ2n) is 6.16. The van der Waals surface area contributed by atoms with Gasteiger partial charge in [-0.15, -0.1) is 0 Å². The van der Waals surface area contributed by atoms with Crippen LogP contribution in [0.15, 0.2) is 48.7 Å². The minimum absolute atomic E-state index is 0.604. The van der Waals surface area contributed by atoms with Crippen LogP contribution in [0.1, 0.15) is 5.69 Å². The summed E-state index contributed by atoms with van der Waals surface area (Å²) in [5, 5.41) is 1.19. The van der Waals surface area contributed by atoms with Gasteiger partial charge in [-0.2, -0.15) is 4.98 Å². The highest BCUT2D eigenvalue weighted by Gasteiger charge is 2.19.